The molecule has 0 bridgehead atoms. The van der Waals surface area contributed by atoms with Crippen molar-refractivity contribution in [3.8, 4) is 0 Å². The Morgan fingerprint density at radius 2 is 2.04 bits per heavy atom. The number of rotatable bonds is 5. The van der Waals surface area contributed by atoms with Gasteiger partial charge in [0.05, 0.1) is 25.7 Å². The van der Waals surface area contributed by atoms with Crippen LogP contribution in [-0.2, 0) is 17.7 Å². The number of furan rings is 1. The molecule has 4 rings (SSSR count). The summed E-state index contributed by atoms with van der Waals surface area (Å²) in [6.45, 7) is 5.91. The monoisotopic (exact) mass is 327 g/mol. The van der Waals surface area contributed by atoms with E-state index in [4.69, 9.17) is 9.15 Å². The number of pyridine rings is 1. The van der Waals surface area contributed by atoms with Crippen LogP contribution in [0.3, 0.4) is 0 Å². The first kappa shape index (κ1) is 15.8. The van der Waals surface area contributed by atoms with Gasteiger partial charge in [-0.1, -0.05) is 6.07 Å². The summed E-state index contributed by atoms with van der Waals surface area (Å²) in [6, 6.07) is 7.42. The minimum atomic E-state index is 0.516. The van der Waals surface area contributed by atoms with E-state index in [1.165, 1.54) is 17.5 Å². The van der Waals surface area contributed by atoms with Crippen LogP contribution in [0.15, 0.2) is 47.5 Å². The summed E-state index contributed by atoms with van der Waals surface area (Å²) in [4.78, 5) is 9.53. The Hall–Kier alpha value is -1.69. The molecule has 5 heteroatoms. The first-order valence-electron chi connectivity index (χ1n) is 8.86. The van der Waals surface area contributed by atoms with E-state index in [1.807, 2.05) is 24.7 Å². The fourth-order valence-corrected chi connectivity index (χ4v) is 4.07. The molecule has 24 heavy (non-hydrogen) atoms. The predicted octanol–water partition coefficient (Wildman–Crippen LogP) is 2.19. The molecule has 128 valence electrons. The number of hydrogen-bond acceptors (Lipinski definition) is 5. The molecule has 2 aromatic rings. The molecule has 2 saturated heterocycles. The van der Waals surface area contributed by atoms with Gasteiger partial charge in [-0.15, -0.1) is 0 Å². The molecular formula is C19H25N3O2. The molecule has 0 spiro atoms. The molecule has 0 N–H and O–H groups in total. The second-order valence-electron chi connectivity index (χ2n) is 6.74. The van der Waals surface area contributed by atoms with E-state index in [2.05, 4.69) is 26.9 Å². The van der Waals surface area contributed by atoms with Gasteiger partial charge >= 0.3 is 0 Å². The molecule has 0 radical (unpaired) electrons. The standard InChI is InChI=1S/C19H25N3O2/c1-2-16(13-20-5-1)12-19-18(21-7-10-23-11-8-21)3-6-22(19)14-17-4-9-24-15-17/h1-2,4-5,9,13,15,18-19H,3,6-8,10-12,14H2/t18-,19+/m0/s1. The van der Waals surface area contributed by atoms with Gasteiger partial charge in [0.15, 0.2) is 0 Å². The van der Waals surface area contributed by atoms with Crippen LogP contribution in [0.1, 0.15) is 17.5 Å². The summed E-state index contributed by atoms with van der Waals surface area (Å²) in [7, 11) is 0. The third kappa shape index (κ3) is 3.53. The van der Waals surface area contributed by atoms with Crippen LogP contribution in [0, 0.1) is 0 Å². The molecule has 2 atom stereocenters. The van der Waals surface area contributed by atoms with Gasteiger partial charge in [0, 0.05) is 56.2 Å². The summed E-state index contributed by atoms with van der Waals surface area (Å²) in [5.74, 6) is 0. The highest BCUT2D eigenvalue weighted by atomic mass is 16.5. The van der Waals surface area contributed by atoms with Gasteiger partial charge in [-0.05, 0) is 30.5 Å². The Morgan fingerprint density at radius 3 is 2.79 bits per heavy atom. The van der Waals surface area contributed by atoms with E-state index >= 15 is 0 Å². The molecular weight excluding hydrogens is 302 g/mol. The van der Waals surface area contributed by atoms with E-state index in [-0.39, 0.29) is 0 Å². The number of nitrogens with zero attached hydrogens (tertiary/aromatic N) is 3. The van der Waals surface area contributed by atoms with Crippen molar-refractivity contribution in [2.24, 2.45) is 0 Å². The Bertz CT molecular complexity index is 611. The van der Waals surface area contributed by atoms with Gasteiger partial charge in [-0.25, -0.2) is 0 Å². The maximum Gasteiger partial charge on any atom is 0.0947 e. The quantitative estimate of drug-likeness (QED) is 0.842. The third-order valence-electron chi connectivity index (χ3n) is 5.27. The molecule has 0 aromatic carbocycles. The Kier molecular flexibility index (Phi) is 4.92. The van der Waals surface area contributed by atoms with E-state index in [0.717, 1.165) is 45.8 Å². The van der Waals surface area contributed by atoms with Crippen LogP contribution in [0.25, 0.3) is 0 Å². The molecule has 0 amide bonds. The van der Waals surface area contributed by atoms with Crippen LogP contribution >= 0.6 is 0 Å². The predicted molar refractivity (Wildman–Crippen MR) is 91.6 cm³/mol. The van der Waals surface area contributed by atoms with E-state index in [0.29, 0.717) is 12.1 Å². The Morgan fingerprint density at radius 1 is 1.12 bits per heavy atom. The maximum absolute atomic E-state index is 5.55. The molecule has 2 fully saturated rings. The van der Waals surface area contributed by atoms with Crippen molar-refractivity contribution in [3.63, 3.8) is 0 Å². The number of ether oxygens (including phenoxy) is 1. The minimum absolute atomic E-state index is 0.516. The van der Waals surface area contributed by atoms with E-state index in [1.54, 1.807) is 6.26 Å². The molecule has 0 saturated carbocycles. The van der Waals surface area contributed by atoms with Crippen LogP contribution in [0.4, 0.5) is 0 Å². The average molecular weight is 327 g/mol. The summed E-state index contributed by atoms with van der Waals surface area (Å²) in [5.41, 5.74) is 2.58. The lowest BCUT2D eigenvalue weighted by Gasteiger charge is -2.37. The van der Waals surface area contributed by atoms with Gasteiger partial charge in [0.1, 0.15) is 0 Å². The first-order chi connectivity index (χ1) is 11.9. The van der Waals surface area contributed by atoms with Crippen molar-refractivity contribution in [3.05, 3.63) is 54.2 Å². The van der Waals surface area contributed by atoms with E-state index < -0.39 is 0 Å². The molecule has 0 unspecified atom stereocenters. The minimum Gasteiger partial charge on any atom is -0.472 e. The Balaban J connectivity index is 1.52. The van der Waals surface area contributed by atoms with Crippen molar-refractivity contribution < 1.29 is 9.15 Å². The van der Waals surface area contributed by atoms with Gasteiger partial charge in [0.2, 0.25) is 0 Å². The molecule has 2 aromatic heterocycles. The lowest BCUT2D eigenvalue weighted by Crippen LogP contribution is -2.50. The Labute approximate surface area is 143 Å². The fraction of sp³-hybridized carbons (Fsp3) is 0.526. The van der Waals surface area contributed by atoms with Crippen LogP contribution in [0.5, 0.6) is 0 Å². The van der Waals surface area contributed by atoms with Crippen LogP contribution in [-0.4, -0.2) is 59.7 Å². The average Bonchev–Trinajstić information content (AvgIpc) is 3.28. The first-order valence-corrected chi connectivity index (χ1v) is 8.86. The van der Waals surface area contributed by atoms with Crippen LogP contribution in [0.2, 0.25) is 0 Å². The number of morpholine rings is 1. The zero-order chi connectivity index (χ0) is 16.2. The zero-order valence-electron chi connectivity index (χ0n) is 14.0. The molecule has 0 aliphatic carbocycles. The lowest BCUT2D eigenvalue weighted by molar-refractivity contribution is 0.00787. The van der Waals surface area contributed by atoms with Crippen molar-refractivity contribution in [2.75, 3.05) is 32.8 Å². The third-order valence-corrected chi connectivity index (χ3v) is 5.27. The number of aromatic nitrogens is 1. The number of likely N-dealkylation sites (tertiary alicyclic amines) is 1. The van der Waals surface area contributed by atoms with Gasteiger partial charge in [-0.2, -0.15) is 0 Å². The van der Waals surface area contributed by atoms with Gasteiger partial charge in [0.25, 0.3) is 0 Å². The smallest absolute Gasteiger partial charge is 0.0947 e. The second-order valence-corrected chi connectivity index (χ2v) is 6.74. The van der Waals surface area contributed by atoms with Gasteiger partial charge < -0.3 is 9.15 Å². The maximum atomic E-state index is 5.55. The molecule has 4 heterocycles. The second kappa shape index (κ2) is 7.47. The summed E-state index contributed by atoms with van der Waals surface area (Å²) in [5, 5.41) is 0. The SMILES string of the molecule is c1cncc(C[C@@H]2[C@@H](N3CCOCC3)CCN2Cc2ccoc2)c1. The largest absolute Gasteiger partial charge is 0.472 e. The molecule has 2 aliphatic rings. The molecule has 2 aliphatic heterocycles. The van der Waals surface area contributed by atoms with E-state index in [9.17, 15) is 0 Å². The highest BCUT2D eigenvalue weighted by molar-refractivity contribution is 5.14. The van der Waals surface area contributed by atoms with Crippen molar-refractivity contribution in [1.82, 2.24) is 14.8 Å². The van der Waals surface area contributed by atoms with Crippen molar-refractivity contribution in [2.45, 2.75) is 31.5 Å². The highest BCUT2D eigenvalue weighted by Crippen LogP contribution is 2.28. The topological polar surface area (TPSA) is 41.7 Å². The highest BCUT2D eigenvalue weighted by Gasteiger charge is 2.38. The fourth-order valence-electron chi connectivity index (χ4n) is 4.07. The normalized spacial score (nSPS) is 26.0. The summed E-state index contributed by atoms with van der Waals surface area (Å²) < 4.78 is 10.8. The van der Waals surface area contributed by atoms with Gasteiger partial charge in [-0.3, -0.25) is 14.8 Å². The summed E-state index contributed by atoms with van der Waals surface area (Å²) >= 11 is 0. The zero-order valence-corrected chi connectivity index (χ0v) is 14.0. The molecule has 5 nitrogen and oxygen atoms in total. The van der Waals surface area contributed by atoms with Crippen molar-refractivity contribution >= 4 is 0 Å². The van der Waals surface area contributed by atoms with Crippen LogP contribution < -0.4 is 0 Å². The lowest BCUT2D eigenvalue weighted by atomic mass is 9.99. The number of hydrogen-bond donors (Lipinski definition) is 0. The summed E-state index contributed by atoms with van der Waals surface area (Å²) in [6.07, 6.45) is 9.76. The van der Waals surface area contributed by atoms with Crippen molar-refractivity contribution in [1.29, 1.82) is 0 Å².